The first-order valence-corrected chi connectivity index (χ1v) is 8.58. The fourth-order valence-corrected chi connectivity index (χ4v) is 3.66. The van der Waals surface area contributed by atoms with Crippen molar-refractivity contribution in [3.63, 3.8) is 0 Å². The second-order valence-electron chi connectivity index (χ2n) is 6.63. The summed E-state index contributed by atoms with van der Waals surface area (Å²) in [6.07, 6.45) is 3.49. The maximum atomic E-state index is 13.9. The molecule has 1 aromatic carbocycles. The monoisotopic (exact) mass is 322 g/mol. The van der Waals surface area contributed by atoms with E-state index < -0.39 is 11.6 Å². The van der Waals surface area contributed by atoms with E-state index in [1.165, 1.54) is 6.07 Å². The van der Waals surface area contributed by atoms with Gasteiger partial charge in [-0.15, -0.1) is 0 Å². The Hall–Kier alpha value is -1.49. The Kier molecular flexibility index (Phi) is 4.95. The lowest BCUT2D eigenvalue weighted by Crippen LogP contribution is -2.47. The van der Waals surface area contributed by atoms with Crippen LogP contribution >= 0.6 is 0 Å². The molecule has 2 atom stereocenters. The lowest BCUT2D eigenvalue weighted by molar-refractivity contribution is -0.135. The van der Waals surface area contributed by atoms with Crippen LogP contribution in [0.3, 0.4) is 0 Å². The predicted molar refractivity (Wildman–Crippen MR) is 85.1 cm³/mol. The van der Waals surface area contributed by atoms with Gasteiger partial charge in [-0.2, -0.15) is 0 Å². The molecule has 1 N–H and O–H groups in total. The molecular formula is C18H24F2N2O. The van der Waals surface area contributed by atoms with Gasteiger partial charge in [-0.1, -0.05) is 6.92 Å². The average molecular weight is 322 g/mol. The van der Waals surface area contributed by atoms with Crippen LogP contribution in [0.5, 0.6) is 0 Å². The molecule has 3 rings (SSSR count). The number of amides is 1. The van der Waals surface area contributed by atoms with Crippen molar-refractivity contribution in [1.29, 1.82) is 0 Å². The second kappa shape index (κ2) is 6.95. The molecule has 1 amide bonds. The zero-order valence-electron chi connectivity index (χ0n) is 13.5. The molecule has 1 aliphatic carbocycles. The van der Waals surface area contributed by atoms with Crippen LogP contribution in [0, 0.1) is 17.6 Å². The van der Waals surface area contributed by atoms with Crippen LogP contribution < -0.4 is 5.32 Å². The molecule has 5 heteroatoms. The standard InChI is InChI=1S/C18H24F2N2O/c1-2-9-22(13-5-7-21-8-6-13)18(23)16-11-14(16)15-10-12(19)3-4-17(15)20/h3-4,10,13-14,16,21H,2,5-9,11H2,1H3. The fourth-order valence-electron chi connectivity index (χ4n) is 3.66. The van der Waals surface area contributed by atoms with Crippen molar-refractivity contribution in [2.24, 2.45) is 5.92 Å². The van der Waals surface area contributed by atoms with Gasteiger partial charge >= 0.3 is 0 Å². The molecule has 23 heavy (non-hydrogen) atoms. The highest BCUT2D eigenvalue weighted by Crippen LogP contribution is 2.49. The van der Waals surface area contributed by atoms with Crippen LogP contribution in [0.1, 0.15) is 44.1 Å². The van der Waals surface area contributed by atoms with E-state index in [9.17, 15) is 13.6 Å². The van der Waals surface area contributed by atoms with Crippen molar-refractivity contribution in [3.05, 3.63) is 35.4 Å². The van der Waals surface area contributed by atoms with Gasteiger partial charge in [-0.3, -0.25) is 4.79 Å². The molecule has 0 radical (unpaired) electrons. The summed E-state index contributed by atoms with van der Waals surface area (Å²) in [4.78, 5) is 14.9. The van der Waals surface area contributed by atoms with Crippen molar-refractivity contribution < 1.29 is 13.6 Å². The van der Waals surface area contributed by atoms with Crippen molar-refractivity contribution in [3.8, 4) is 0 Å². The summed E-state index contributed by atoms with van der Waals surface area (Å²) < 4.78 is 27.3. The van der Waals surface area contributed by atoms with E-state index in [0.717, 1.165) is 51.0 Å². The van der Waals surface area contributed by atoms with Crippen LogP contribution in [0.2, 0.25) is 0 Å². The third kappa shape index (κ3) is 3.55. The molecule has 0 aromatic heterocycles. The first-order chi connectivity index (χ1) is 11.1. The Morgan fingerprint density at radius 3 is 2.74 bits per heavy atom. The summed E-state index contributed by atoms with van der Waals surface area (Å²) in [5.74, 6) is -1.08. The Balaban J connectivity index is 1.70. The number of hydrogen-bond acceptors (Lipinski definition) is 2. The number of hydrogen-bond donors (Lipinski definition) is 1. The van der Waals surface area contributed by atoms with Crippen molar-refractivity contribution in [2.75, 3.05) is 19.6 Å². The molecule has 2 aliphatic rings. The van der Waals surface area contributed by atoms with E-state index in [2.05, 4.69) is 12.2 Å². The van der Waals surface area contributed by atoms with Gasteiger partial charge in [-0.05, 0) is 68.5 Å². The van der Waals surface area contributed by atoms with Crippen molar-refractivity contribution in [1.82, 2.24) is 10.2 Å². The Labute approximate surface area is 136 Å². The van der Waals surface area contributed by atoms with Gasteiger partial charge in [0.25, 0.3) is 0 Å². The molecule has 1 heterocycles. The minimum absolute atomic E-state index is 0.118. The zero-order chi connectivity index (χ0) is 16.4. The smallest absolute Gasteiger partial charge is 0.226 e. The van der Waals surface area contributed by atoms with Gasteiger partial charge in [-0.25, -0.2) is 8.78 Å². The van der Waals surface area contributed by atoms with Gasteiger partial charge in [0.15, 0.2) is 0 Å². The molecule has 1 aromatic rings. The summed E-state index contributed by atoms with van der Waals surface area (Å²) in [6, 6.07) is 3.79. The van der Waals surface area contributed by atoms with Crippen LogP contribution in [-0.2, 0) is 4.79 Å². The molecule has 2 fully saturated rings. The lowest BCUT2D eigenvalue weighted by atomic mass is 10.0. The molecule has 0 bridgehead atoms. The first-order valence-electron chi connectivity index (χ1n) is 8.58. The number of nitrogens with zero attached hydrogens (tertiary/aromatic N) is 1. The molecular weight excluding hydrogens is 298 g/mol. The molecule has 1 saturated carbocycles. The number of carbonyl (C=O) groups is 1. The Bertz CT molecular complexity index is 572. The van der Waals surface area contributed by atoms with Gasteiger partial charge in [0, 0.05) is 18.5 Å². The third-order valence-electron chi connectivity index (χ3n) is 4.96. The summed E-state index contributed by atoms with van der Waals surface area (Å²) in [7, 11) is 0. The maximum Gasteiger partial charge on any atom is 0.226 e. The van der Waals surface area contributed by atoms with E-state index in [4.69, 9.17) is 0 Å². The van der Waals surface area contributed by atoms with Gasteiger partial charge in [0.1, 0.15) is 11.6 Å². The van der Waals surface area contributed by atoms with E-state index in [1.54, 1.807) is 0 Å². The number of halogens is 2. The largest absolute Gasteiger partial charge is 0.339 e. The number of benzene rings is 1. The molecule has 126 valence electrons. The summed E-state index contributed by atoms with van der Waals surface area (Å²) in [6.45, 7) is 4.69. The summed E-state index contributed by atoms with van der Waals surface area (Å²) in [5.41, 5.74) is 0.352. The number of nitrogens with one attached hydrogen (secondary N) is 1. The predicted octanol–water partition coefficient (Wildman–Crippen LogP) is 3.06. The number of carbonyl (C=O) groups excluding carboxylic acids is 1. The normalized spacial score (nSPS) is 24.5. The highest BCUT2D eigenvalue weighted by Gasteiger charge is 2.47. The average Bonchev–Trinajstić information content (AvgIpc) is 3.35. The van der Waals surface area contributed by atoms with Crippen LogP contribution in [-0.4, -0.2) is 36.5 Å². The van der Waals surface area contributed by atoms with E-state index in [1.807, 2.05) is 4.90 Å². The highest BCUT2D eigenvalue weighted by molar-refractivity contribution is 5.83. The Morgan fingerprint density at radius 1 is 1.30 bits per heavy atom. The van der Waals surface area contributed by atoms with Gasteiger partial charge in [0.05, 0.1) is 0 Å². The lowest BCUT2D eigenvalue weighted by Gasteiger charge is -2.35. The quantitative estimate of drug-likeness (QED) is 0.903. The fraction of sp³-hybridized carbons (Fsp3) is 0.611. The van der Waals surface area contributed by atoms with Crippen LogP contribution in [0.15, 0.2) is 18.2 Å². The molecule has 1 aliphatic heterocycles. The molecule has 3 nitrogen and oxygen atoms in total. The number of piperidine rings is 1. The van der Waals surface area contributed by atoms with E-state index >= 15 is 0 Å². The van der Waals surface area contributed by atoms with Crippen molar-refractivity contribution in [2.45, 2.75) is 44.6 Å². The van der Waals surface area contributed by atoms with Crippen LogP contribution in [0.25, 0.3) is 0 Å². The van der Waals surface area contributed by atoms with Crippen molar-refractivity contribution >= 4 is 5.91 Å². The van der Waals surface area contributed by atoms with Crippen LogP contribution in [0.4, 0.5) is 8.78 Å². The minimum Gasteiger partial charge on any atom is -0.339 e. The molecule has 2 unspecified atom stereocenters. The second-order valence-corrected chi connectivity index (χ2v) is 6.63. The van der Waals surface area contributed by atoms with Gasteiger partial charge < -0.3 is 10.2 Å². The summed E-state index contributed by atoms with van der Waals surface area (Å²) in [5, 5.41) is 3.31. The number of rotatable bonds is 5. The topological polar surface area (TPSA) is 32.3 Å². The minimum atomic E-state index is -0.441. The van der Waals surface area contributed by atoms with E-state index in [0.29, 0.717) is 12.0 Å². The highest BCUT2D eigenvalue weighted by atomic mass is 19.1. The van der Waals surface area contributed by atoms with Gasteiger partial charge in [0.2, 0.25) is 5.91 Å². The zero-order valence-corrected chi connectivity index (χ0v) is 13.5. The summed E-state index contributed by atoms with van der Waals surface area (Å²) >= 11 is 0. The first kappa shape index (κ1) is 16.4. The van der Waals surface area contributed by atoms with E-state index in [-0.39, 0.29) is 23.8 Å². The molecule has 0 spiro atoms. The molecule has 1 saturated heterocycles. The Morgan fingerprint density at radius 2 is 2.04 bits per heavy atom. The SMILES string of the molecule is CCCN(C(=O)C1CC1c1cc(F)ccc1F)C1CCNCC1. The third-order valence-corrected chi connectivity index (χ3v) is 4.96. The maximum absolute atomic E-state index is 13.9.